The predicted molar refractivity (Wildman–Crippen MR) is 82.2 cm³/mol. The van der Waals surface area contributed by atoms with Gasteiger partial charge in [0.25, 0.3) is 0 Å². The molecule has 1 aromatic carbocycles. The molecule has 0 bridgehead atoms. The normalized spacial score (nSPS) is 17.0. The van der Waals surface area contributed by atoms with Gasteiger partial charge in [-0.2, -0.15) is 0 Å². The van der Waals surface area contributed by atoms with Crippen molar-refractivity contribution in [2.45, 2.75) is 13.0 Å². The summed E-state index contributed by atoms with van der Waals surface area (Å²) in [6.45, 7) is 1.30. The Bertz CT molecular complexity index is 479. The molecule has 1 heterocycles. The molecule has 0 aliphatic carbocycles. The topological polar surface area (TPSA) is 49.9 Å². The summed E-state index contributed by atoms with van der Waals surface area (Å²) in [6, 6.07) is 9.56. The van der Waals surface area contributed by atoms with Crippen molar-refractivity contribution in [3.8, 4) is 0 Å². The van der Waals surface area contributed by atoms with Gasteiger partial charge in [-0.3, -0.25) is 4.79 Å². The van der Waals surface area contributed by atoms with E-state index in [0.717, 1.165) is 5.56 Å². The van der Waals surface area contributed by atoms with Crippen LogP contribution in [0.5, 0.6) is 0 Å². The van der Waals surface area contributed by atoms with E-state index in [4.69, 9.17) is 4.74 Å². The third-order valence-electron chi connectivity index (χ3n) is 3.44. The molecule has 5 nitrogen and oxygen atoms in total. The van der Waals surface area contributed by atoms with E-state index in [2.05, 4.69) is 0 Å². The Morgan fingerprint density at radius 1 is 1.29 bits per heavy atom. The standard InChI is InChI=1S/C15H20N2O3.ClH/c1-16(2)14(18)13-8-9-17(10-13)15(19)20-11-12-6-4-3-5-7-12;/h3-7,13H,8-11H2,1-2H3;1H. The van der Waals surface area contributed by atoms with Crippen LogP contribution in [0.4, 0.5) is 4.79 Å². The lowest BCUT2D eigenvalue weighted by atomic mass is 10.1. The highest BCUT2D eigenvalue weighted by Gasteiger charge is 2.32. The summed E-state index contributed by atoms with van der Waals surface area (Å²) in [4.78, 5) is 27.0. The van der Waals surface area contributed by atoms with E-state index in [1.54, 1.807) is 23.9 Å². The van der Waals surface area contributed by atoms with E-state index < -0.39 is 0 Å². The van der Waals surface area contributed by atoms with E-state index >= 15 is 0 Å². The molecule has 0 spiro atoms. The third-order valence-corrected chi connectivity index (χ3v) is 3.44. The van der Waals surface area contributed by atoms with Crippen LogP contribution in [0.3, 0.4) is 0 Å². The smallest absolute Gasteiger partial charge is 0.410 e. The summed E-state index contributed by atoms with van der Waals surface area (Å²) in [6.07, 6.45) is 0.361. The summed E-state index contributed by atoms with van der Waals surface area (Å²) in [5.74, 6) is -0.0300. The molecule has 0 radical (unpaired) electrons. The zero-order chi connectivity index (χ0) is 14.5. The molecule has 116 valence electrons. The first-order chi connectivity index (χ1) is 9.58. The van der Waals surface area contributed by atoms with Crippen LogP contribution < -0.4 is 0 Å². The summed E-state index contributed by atoms with van der Waals surface area (Å²) in [5, 5.41) is 0. The largest absolute Gasteiger partial charge is 0.445 e. The maximum Gasteiger partial charge on any atom is 0.410 e. The molecule has 2 rings (SSSR count). The van der Waals surface area contributed by atoms with Gasteiger partial charge in [0.05, 0.1) is 5.92 Å². The highest BCUT2D eigenvalue weighted by molar-refractivity contribution is 5.85. The lowest BCUT2D eigenvalue weighted by Crippen LogP contribution is -2.34. The molecular formula is C15H21ClN2O3. The lowest BCUT2D eigenvalue weighted by molar-refractivity contribution is -0.132. The van der Waals surface area contributed by atoms with Gasteiger partial charge in [-0.05, 0) is 12.0 Å². The fourth-order valence-electron chi connectivity index (χ4n) is 2.30. The molecule has 0 saturated carbocycles. The maximum absolute atomic E-state index is 11.9. The number of halogens is 1. The number of likely N-dealkylation sites (tertiary alicyclic amines) is 1. The van der Waals surface area contributed by atoms with Crippen LogP contribution in [0.25, 0.3) is 0 Å². The number of carbonyl (C=O) groups excluding carboxylic acids is 2. The summed E-state index contributed by atoms with van der Waals surface area (Å²) >= 11 is 0. The minimum atomic E-state index is -0.345. The Kier molecular flexibility index (Phi) is 6.49. The minimum Gasteiger partial charge on any atom is -0.445 e. The second-order valence-corrected chi connectivity index (χ2v) is 5.20. The fourth-order valence-corrected chi connectivity index (χ4v) is 2.30. The van der Waals surface area contributed by atoms with Crippen LogP contribution in [0.2, 0.25) is 0 Å². The van der Waals surface area contributed by atoms with Crippen LogP contribution in [0, 0.1) is 5.92 Å². The van der Waals surface area contributed by atoms with Crippen molar-refractivity contribution in [3.63, 3.8) is 0 Å². The first kappa shape index (κ1) is 17.3. The van der Waals surface area contributed by atoms with Crippen molar-refractivity contribution < 1.29 is 14.3 Å². The van der Waals surface area contributed by atoms with Gasteiger partial charge in [0, 0.05) is 27.2 Å². The Morgan fingerprint density at radius 3 is 2.57 bits per heavy atom. The Balaban J connectivity index is 0.00000220. The molecule has 21 heavy (non-hydrogen) atoms. The molecule has 1 fully saturated rings. The van der Waals surface area contributed by atoms with Crippen LogP contribution in [-0.4, -0.2) is 49.0 Å². The van der Waals surface area contributed by atoms with E-state index in [1.165, 1.54) is 0 Å². The van der Waals surface area contributed by atoms with Crippen molar-refractivity contribution >= 4 is 24.4 Å². The van der Waals surface area contributed by atoms with E-state index in [-0.39, 0.29) is 36.9 Å². The SMILES string of the molecule is CN(C)C(=O)C1CCN(C(=O)OCc2ccccc2)C1.Cl. The Labute approximate surface area is 131 Å². The molecule has 1 aromatic rings. The molecule has 0 N–H and O–H groups in total. The second kappa shape index (κ2) is 7.88. The highest BCUT2D eigenvalue weighted by atomic mass is 35.5. The number of amides is 2. The number of rotatable bonds is 3. The number of carbonyl (C=O) groups is 2. The number of ether oxygens (including phenoxy) is 1. The first-order valence-electron chi connectivity index (χ1n) is 6.74. The summed E-state index contributed by atoms with van der Waals surface area (Å²) in [5.41, 5.74) is 0.959. The maximum atomic E-state index is 11.9. The van der Waals surface area contributed by atoms with Gasteiger partial charge in [-0.15, -0.1) is 12.4 Å². The van der Waals surface area contributed by atoms with Gasteiger partial charge in [0.1, 0.15) is 6.61 Å². The minimum absolute atomic E-state index is 0. The molecule has 6 heteroatoms. The molecule has 1 aliphatic rings. The van der Waals surface area contributed by atoms with Crippen molar-refractivity contribution in [2.75, 3.05) is 27.2 Å². The van der Waals surface area contributed by atoms with Crippen LogP contribution in [0.15, 0.2) is 30.3 Å². The van der Waals surface area contributed by atoms with Crippen molar-refractivity contribution in [1.29, 1.82) is 0 Å². The van der Waals surface area contributed by atoms with Gasteiger partial charge in [0.2, 0.25) is 5.91 Å². The summed E-state index contributed by atoms with van der Waals surface area (Å²) < 4.78 is 5.26. The second-order valence-electron chi connectivity index (χ2n) is 5.20. The zero-order valence-corrected chi connectivity index (χ0v) is 13.1. The average Bonchev–Trinajstić information content (AvgIpc) is 2.94. The van der Waals surface area contributed by atoms with Crippen molar-refractivity contribution in [3.05, 3.63) is 35.9 Å². The van der Waals surface area contributed by atoms with Crippen molar-refractivity contribution in [1.82, 2.24) is 9.80 Å². The number of nitrogens with zero attached hydrogens (tertiary/aromatic N) is 2. The Morgan fingerprint density at radius 2 is 1.95 bits per heavy atom. The number of hydrogen-bond acceptors (Lipinski definition) is 3. The van der Waals surface area contributed by atoms with Gasteiger partial charge >= 0.3 is 6.09 Å². The van der Waals surface area contributed by atoms with Crippen LogP contribution in [0.1, 0.15) is 12.0 Å². The molecular weight excluding hydrogens is 292 g/mol. The number of benzene rings is 1. The monoisotopic (exact) mass is 312 g/mol. The van der Waals surface area contributed by atoms with Crippen molar-refractivity contribution in [2.24, 2.45) is 5.92 Å². The third kappa shape index (κ3) is 4.63. The van der Waals surface area contributed by atoms with Crippen LogP contribution >= 0.6 is 12.4 Å². The first-order valence-corrected chi connectivity index (χ1v) is 6.74. The highest BCUT2D eigenvalue weighted by Crippen LogP contribution is 2.19. The molecule has 2 amide bonds. The lowest BCUT2D eigenvalue weighted by Gasteiger charge is -2.18. The zero-order valence-electron chi connectivity index (χ0n) is 12.3. The van der Waals surface area contributed by atoms with Crippen LogP contribution in [-0.2, 0) is 16.1 Å². The van der Waals surface area contributed by atoms with E-state index in [1.807, 2.05) is 30.3 Å². The fraction of sp³-hybridized carbons (Fsp3) is 0.467. The van der Waals surface area contributed by atoms with Gasteiger partial charge in [-0.25, -0.2) is 4.79 Å². The summed E-state index contributed by atoms with van der Waals surface area (Å²) in [7, 11) is 3.47. The quantitative estimate of drug-likeness (QED) is 0.859. The molecule has 0 aromatic heterocycles. The van der Waals surface area contributed by atoms with Gasteiger partial charge in [0.15, 0.2) is 0 Å². The Hall–Kier alpha value is -1.75. The molecule has 1 saturated heterocycles. The van der Waals surface area contributed by atoms with Gasteiger partial charge < -0.3 is 14.5 Å². The molecule has 1 aliphatic heterocycles. The molecule has 1 unspecified atom stereocenters. The predicted octanol–water partition coefficient (Wildman–Crippen LogP) is 2.16. The average molecular weight is 313 g/mol. The van der Waals surface area contributed by atoms with E-state index in [0.29, 0.717) is 19.5 Å². The van der Waals surface area contributed by atoms with E-state index in [9.17, 15) is 9.59 Å². The molecule has 1 atom stereocenters. The number of hydrogen-bond donors (Lipinski definition) is 0. The van der Waals surface area contributed by atoms with Gasteiger partial charge in [-0.1, -0.05) is 30.3 Å².